The third-order valence-electron chi connectivity index (χ3n) is 4.38. The molecular formula is C22H14Cl2FNO4S. The summed E-state index contributed by atoms with van der Waals surface area (Å²) in [5.41, 5.74) is 0.736. The van der Waals surface area contributed by atoms with Crippen LogP contribution < -0.4 is 4.74 Å². The highest BCUT2D eigenvalue weighted by atomic mass is 35.5. The third-order valence-corrected chi connectivity index (χ3v) is 6.02. The van der Waals surface area contributed by atoms with E-state index >= 15 is 0 Å². The van der Waals surface area contributed by atoms with E-state index in [1.54, 1.807) is 30.3 Å². The molecule has 9 heteroatoms. The number of halogens is 3. The number of rotatable bonds is 6. The van der Waals surface area contributed by atoms with Crippen molar-refractivity contribution in [2.75, 3.05) is 13.2 Å². The van der Waals surface area contributed by atoms with Crippen LogP contribution in [0.25, 0.3) is 17.4 Å². The zero-order chi connectivity index (χ0) is 22.0. The molecule has 0 radical (unpaired) electrons. The molecule has 0 spiro atoms. The lowest BCUT2D eigenvalue weighted by molar-refractivity contribution is -0.123. The second kappa shape index (κ2) is 9.18. The van der Waals surface area contributed by atoms with Crippen LogP contribution in [0.15, 0.2) is 63.9 Å². The summed E-state index contributed by atoms with van der Waals surface area (Å²) in [7, 11) is 0. The predicted molar refractivity (Wildman–Crippen MR) is 119 cm³/mol. The summed E-state index contributed by atoms with van der Waals surface area (Å²) in [6.07, 6.45) is 1.52. The lowest BCUT2D eigenvalue weighted by Crippen LogP contribution is -2.32. The molecule has 158 valence electrons. The second-order valence-electron chi connectivity index (χ2n) is 6.47. The Morgan fingerprint density at radius 1 is 1.03 bits per heavy atom. The van der Waals surface area contributed by atoms with Gasteiger partial charge in [0, 0.05) is 11.6 Å². The van der Waals surface area contributed by atoms with E-state index in [1.807, 2.05) is 0 Å². The van der Waals surface area contributed by atoms with Crippen LogP contribution >= 0.6 is 35.0 Å². The van der Waals surface area contributed by atoms with Gasteiger partial charge in [0.15, 0.2) is 0 Å². The number of imide groups is 1. The van der Waals surface area contributed by atoms with Gasteiger partial charge in [0.2, 0.25) is 0 Å². The number of ether oxygens (including phenoxy) is 1. The van der Waals surface area contributed by atoms with Gasteiger partial charge in [-0.05, 0) is 66.4 Å². The molecule has 0 N–H and O–H groups in total. The Kier molecular flexibility index (Phi) is 6.36. The average molecular weight is 478 g/mol. The van der Waals surface area contributed by atoms with Crippen molar-refractivity contribution in [3.8, 4) is 17.1 Å². The van der Waals surface area contributed by atoms with Gasteiger partial charge in [0.1, 0.15) is 29.7 Å². The fourth-order valence-electron chi connectivity index (χ4n) is 2.84. The molecule has 0 unspecified atom stereocenters. The smallest absolute Gasteiger partial charge is 0.293 e. The predicted octanol–water partition coefficient (Wildman–Crippen LogP) is 6.51. The van der Waals surface area contributed by atoms with E-state index in [9.17, 15) is 14.0 Å². The minimum atomic E-state index is -0.426. The van der Waals surface area contributed by atoms with Crippen LogP contribution in [-0.4, -0.2) is 29.2 Å². The number of carbonyl (C=O) groups excluding carboxylic acids is 2. The number of hydrogen-bond acceptors (Lipinski definition) is 5. The molecule has 0 saturated carbocycles. The van der Waals surface area contributed by atoms with E-state index in [0.717, 1.165) is 22.2 Å². The Bertz CT molecular complexity index is 1180. The monoisotopic (exact) mass is 477 g/mol. The quantitative estimate of drug-likeness (QED) is 0.378. The van der Waals surface area contributed by atoms with Crippen LogP contribution in [0.5, 0.6) is 5.75 Å². The Labute approximate surface area is 191 Å². The third kappa shape index (κ3) is 4.95. The maximum absolute atomic E-state index is 12.9. The number of amides is 2. The highest BCUT2D eigenvalue weighted by molar-refractivity contribution is 8.18. The Morgan fingerprint density at radius 2 is 1.81 bits per heavy atom. The number of thioether (sulfide) groups is 1. The molecule has 2 heterocycles. The molecule has 2 aromatic carbocycles. The fraction of sp³-hybridized carbons (Fsp3) is 0.0909. The van der Waals surface area contributed by atoms with E-state index in [2.05, 4.69) is 0 Å². The van der Waals surface area contributed by atoms with Gasteiger partial charge in [-0.25, -0.2) is 4.39 Å². The normalized spacial score (nSPS) is 15.2. The van der Waals surface area contributed by atoms with Crippen LogP contribution in [0, 0.1) is 5.82 Å². The van der Waals surface area contributed by atoms with Crippen LogP contribution in [0.1, 0.15) is 5.76 Å². The zero-order valence-corrected chi connectivity index (χ0v) is 18.1. The van der Waals surface area contributed by atoms with Gasteiger partial charge >= 0.3 is 0 Å². The van der Waals surface area contributed by atoms with Crippen LogP contribution in [0.3, 0.4) is 0 Å². The fourth-order valence-corrected chi connectivity index (χ4v) is 3.99. The number of nitrogens with zero attached hydrogens (tertiary/aromatic N) is 1. The van der Waals surface area contributed by atoms with E-state index in [0.29, 0.717) is 27.3 Å². The molecule has 2 amide bonds. The van der Waals surface area contributed by atoms with E-state index in [1.165, 1.54) is 30.3 Å². The molecule has 0 bridgehead atoms. The number of hydrogen-bond donors (Lipinski definition) is 0. The van der Waals surface area contributed by atoms with Gasteiger partial charge in [-0.1, -0.05) is 23.2 Å². The van der Waals surface area contributed by atoms with Gasteiger partial charge < -0.3 is 9.15 Å². The van der Waals surface area contributed by atoms with Gasteiger partial charge in [-0.15, -0.1) is 0 Å². The summed E-state index contributed by atoms with van der Waals surface area (Å²) in [6, 6.07) is 14.1. The first-order chi connectivity index (χ1) is 14.9. The maximum Gasteiger partial charge on any atom is 0.293 e. The lowest BCUT2D eigenvalue weighted by atomic mass is 10.2. The summed E-state index contributed by atoms with van der Waals surface area (Å²) in [6.45, 7) is 0.172. The first kappa shape index (κ1) is 21.5. The SMILES string of the molecule is O=C1S/C(=C\c2ccc(-c3ccc(Cl)c(Cl)c3)o2)C(=O)N1CCOc1ccc(F)cc1. The molecule has 1 fully saturated rings. The highest BCUT2D eigenvalue weighted by Crippen LogP contribution is 2.34. The minimum Gasteiger partial charge on any atom is -0.492 e. The van der Waals surface area contributed by atoms with Crippen LogP contribution in [0.2, 0.25) is 10.0 Å². The molecule has 1 aliphatic rings. The van der Waals surface area contributed by atoms with Crippen molar-refractivity contribution >= 4 is 52.2 Å². The van der Waals surface area contributed by atoms with Gasteiger partial charge in [-0.2, -0.15) is 0 Å². The molecule has 5 nitrogen and oxygen atoms in total. The molecule has 1 aliphatic heterocycles. The summed E-state index contributed by atoms with van der Waals surface area (Å²) < 4.78 is 24.2. The standard InChI is InChI=1S/C22H14Cl2FNO4S/c23-17-7-1-13(11-18(17)24)19-8-6-16(30-19)12-20-21(27)26(22(28)31-20)9-10-29-15-4-2-14(25)3-5-15/h1-8,11-12H,9-10H2/b20-12-. The molecule has 0 atom stereocenters. The second-order valence-corrected chi connectivity index (χ2v) is 8.27. The van der Waals surface area contributed by atoms with Crippen molar-refractivity contribution in [3.05, 3.63) is 81.1 Å². The maximum atomic E-state index is 12.9. The van der Waals surface area contributed by atoms with Crippen LogP contribution in [0.4, 0.5) is 9.18 Å². The Morgan fingerprint density at radius 3 is 2.55 bits per heavy atom. The Balaban J connectivity index is 1.41. The van der Waals surface area contributed by atoms with Crippen LogP contribution in [-0.2, 0) is 4.79 Å². The largest absolute Gasteiger partial charge is 0.492 e. The Hall–Kier alpha value is -2.74. The number of carbonyl (C=O) groups is 2. The van der Waals surface area contributed by atoms with Gasteiger partial charge in [0.05, 0.1) is 21.5 Å². The van der Waals surface area contributed by atoms with Gasteiger partial charge in [-0.3, -0.25) is 14.5 Å². The number of benzene rings is 2. The van der Waals surface area contributed by atoms with Crippen molar-refractivity contribution in [2.45, 2.75) is 0 Å². The summed E-state index contributed by atoms with van der Waals surface area (Å²) in [5, 5.41) is 0.450. The van der Waals surface area contributed by atoms with Crippen molar-refractivity contribution in [2.24, 2.45) is 0 Å². The average Bonchev–Trinajstić information content (AvgIpc) is 3.31. The first-order valence-corrected chi connectivity index (χ1v) is 10.7. The van der Waals surface area contributed by atoms with Crippen molar-refractivity contribution in [3.63, 3.8) is 0 Å². The summed E-state index contributed by atoms with van der Waals surface area (Å²) in [4.78, 5) is 26.2. The first-order valence-electron chi connectivity index (χ1n) is 9.10. The summed E-state index contributed by atoms with van der Waals surface area (Å²) >= 11 is 12.8. The molecule has 31 heavy (non-hydrogen) atoms. The minimum absolute atomic E-state index is 0.0755. The lowest BCUT2D eigenvalue weighted by Gasteiger charge is -2.13. The molecule has 1 saturated heterocycles. The van der Waals surface area contributed by atoms with Crippen molar-refractivity contribution < 1.29 is 23.1 Å². The molecule has 4 rings (SSSR count). The zero-order valence-electron chi connectivity index (χ0n) is 15.8. The molecular weight excluding hydrogens is 464 g/mol. The van der Waals surface area contributed by atoms with E-state index < -0.39 is 11.1 Å². The number of furan rings is 1. The van der Waals surface area contributed by atoms with Crippen molar-refractivity contribution in [1.82, 2.24) is 4.90 Å². The van der Waals surface area contributed by atoms with Crippen molar-refractivity contribution in [1.29, 1.82) is 0 Å². The highest BCUT2D eigenvalue weighted by Gasteiger charge is 2.35. The molecule has 0 aliphatic carbocycles. The molecule has 1 aromatic heterocycles. The van der Waals surface area contributed by atoms with Gasteiger partial charge in [0.25, 0.3) is 11.1 Å². The summed E-state index contributed by atoms with van der Waals surface area (Å²) in [5.74, 6) is 0.633. The van der Waals surface area contributed by atoms with E-state index in [4.69, 9.17) is 32.4 Å². The topological polar surface area (TPSA) is 59.8 Å². The van der Waals surface area contributed by atoms with E-state index in [-0.39, 0.29) is 23.9 Å². The molecule has 3 aromatic rings.